The first-order valence-corrected chi connectivity index (χ1v) is 16.4. The highest BCUT2D eigenvalue weighted by molar-refractivity contribution is 6.35. The Balaban J connectivity index is 1.73. The van der Waals surface area contributed by atoms with Crippen LogP contribution >= 0.6 is 11.6 Å². The Hall–Kier alpha value is -3.85. The fourth-order valence-corrected chi connectivity index (χ4v) is 7.03. The molecule has 16 heteroatoms. The van der Waals surface area contributed by atoms with Gasteiger partial charge in [-0.1, -0.05) is 51.8 Å². The van der Waals surface area contributed by atoms with Crippen LogP contribution < -0.4 is 14.8 Å². The number of quaternary nitrogens is 1. The van der Waals surface area contributed by atoms with E-state index in [1.54, 1.807) is 52.0 Å². The van der Waals surface area contributed by atoms with Crippen molar-refractivity contribution in [1.82, 2.24) is 15.2 Å². The van der Waals surface area contributed by atoms with Crippen molar-refractivity contribution in [3.8, 4) is 11.6 Å². The van der Waals surface area contributed by atoms with Gasteiger partial charge in [-0.15, -0.1) is 0 Å². The van der Waals surface area contributed by atoms with Gasteiger partial charge in [0.05, 0.1) is 37.8 Å². The van der Waals surface area contributed by atoms with Crippen LogP contribution in [0.2, 0.25) is 5.02 Å². The standard InChI is InChI=1S/C33H42ClF3N4O8/c1-8-18-15-32(18,29(44)45)39-27(42)22-13-19(49-23-14-24(47-9-2)38-25-20(23)11-10-12-21(25)34)16-40(22)28(43)26(31(3,4)5)41(6,7)30(46)48-17-33(35,36)37/h10-12,14,18-19,22,26H,8-9,13,15-17H2,1-7H3,(H-,39,42,44,45)/p+1. The molecule has 5 unspecified atom stereocenters. The number of amides is 3. The monoisotopic (exact) mass is 715 g/mol. The van der Waals surface area contributed by atoms with Gasteiger partial charge in [0.2, 0.25) is 11.8 Å². The summed E-state index contributed by atoms with van der Waals surface area (Å²) in [6, 6.07) is 4.08. The van der Waals surface area contributed by atoms with E-state index in [1.807, 2.05) is 6.92 Å². The van der Waals surface area contributed by atoms with E-state index in [0.717, 1.165) is 0 Å². The average Bonchev–Trinajstić information content (AvgIpc) is 3.54. The maximum atomic E-state index is 14.6. The summed E-state index contributed by atoms with van der Waals surface area (Å²) < 4.78 is 54.6. The molecule has 12 nitrogen and oxygen atoms in total. The molecule has 2 aliphatic rings. The lowest BCUT2D eigenvalue weighted by Gasteiger charge is -2.42. The molecule has 2 fully saturated rings. The second-order valence-corrected chi connectivity index (χ2v) is 14.5. The van der Waals surface area contributed by atoms with Crippen LogP contribution in [0.15, 0.2) is 24.3 Å². The number of nitrogens with zero attached hydrogens (tertiary/aromatic N) is 3. The number of pyridine rings is 1. The van der Waals surface area contributed by atoms with Crippen LogP contribution in [0.5, 0.6) is 11.6 Å². The number of nitrogens with one attached hydrogen (secondary N) is 1. The van der Waals surface area contributed by atoms with E-state index in [4.69, 9.17) is 21.1 Å². The van der Waals surface area contributed by atoms with Gasteiger partial charge in [-0.25, -0.2) is 14.3 Å². The Morgan fingerprint density at radius 1 is 1.18 bits per heavy atom. The number of aromatic nitrogens is 1. The van der Waals surface area contributed by atoms with Gasteiger partial charge in [-0.3, -0.25) is 9.59 Å². The normalized spacial score (nSPS) is 23.2. The Morgan fingerprint density at radius 2 is 1.86 bits per heavy atom. The summed E-state index contributed by atoms with van der Waals surface area (Å²) in [5, 5.41) is 13.5. The number of hydrogen-bond acceptors (Lipinski definition) is 8. The number of carboxylic acid groups (broad SMARTS) is 1. The lowest BCUT2D eigenvalue weighted by molar-refractivity contribution is -0.842. The predicted molar refractivity (Wildman–Crippen MR) is 172 cm³/mol. The van der Waals surface area contributed by atoms with Crippen molar-refractivity contribution >= 4 is 46.4 Å². The largest absolute Gasteiger partial charge is 0.516 e. The molecule has 1 saturated carbocycles. The smallest absolute Gasteiger partial charge is 0.488 e. The highest BCUT2D eigenvalue weighted by atomic mass is 35.5. The van der Waals surface area contributed by atoms with Crippen molar-refractivity contribution in [3.05, 3.63) is 29.3 Å². The van der Waals surface area contributed by atoms with Crippen molar-refractivity contribution < 1.29 is 56.1 Å². The minimum atomic E-state index is -4.79. The first-order valence-electron chi connectivity index (χ1n) is 16.0. The number of alkyl halides is 3. The molecule has 1 aromatic carbocycles. The molecule has 1 saturated heterocycles. The van der Waals surface area contributed by atoms with Crippen LogP contribution in [0.3, 0.4) is 0 Å². The van der Waals surface area contributed by atoms with Gasteiger partial charge in [-0.05, 0) is 31.4 Å². The van der Waals surface area contributed by atoms with E-state index in [0.29, 0.717) is 34.7 Å². The number of hydrogen-bond donors (Lipinski definition) is 2. The van der Waals surface area contributed by atoms with Crippen molar-refractivity contribution in [2.24, 2.45) is 11.3 Å². The molecule has 2 aromatic rings. The number of halogens is 4. The van der Waals surface area contributed by atoms with E-state index in [9.17, 15) is 37.5 Å². The summed E-state index contributed by atoms with van der Waals surface area (Å²) in [6.45, 7) is 6.80. The number of rotatable bonds is 11. The van der Waals surface area contributed by atoms with Crippen LogP contribution in [0.1, 0.15) is 53.9 Å². The molecule has 49 heavy (non-hydrogen) atoms. The Kier molecular flexibility index (Phi) is 10.7. The summed E-state index contributed by atoms with van der Waals surface area (Å²) in [5.74, 6) is -2.42. The van der Waals surface area contributed by atoms with Crippen LogP contribution in [0, 0.1) is 11.3 Å². The molecule has 1 aromatic heterocycles. The summed E-state index contributed by atoms with van der Waals surface area (Å²) in [6.07, 6.45) is -6.26. The fourth-order valence-electron chi connectivity index (χ4n) is 6.82. The molecule has 1 aliphatic heterocycles. The van der Waals surface area contributed by atoms with Crippen LogP contribution in [-0.4, -0.2) is 107 Å². The predicted octanol–water partition coefficient (Wildman–Crippen LogP) is 5.19. The summed E-state index contributed by atoms with van der Waals surface area (Å²) >= 11 is 6.43. The molecule has 0 bridgehead atoms. The van der Waals surface area contributed by atoms with Crippen LogP contribution in [0.4, 0.5) is 18.0 Å². The number of benzene rings is 1. The third kappa shape index (κ3) is 7.98. The van der Waals surface area contributed by atoms with Crippen molar-refractivity contribution in [2.75, 3.05) is 33.9 Å². The number of aliphatic carboxylic acids is 1. The minimum absolute atomic E-state index is 0.0682. The van der Waals surface area contributed by atoms with Crippen molar-refractivity contribution in [3.63, 3.8) is 0 Å². The number of carboxylic acids is 1. The number of ether oxygens (including phenoxy) is 3. The number of carbonyl (C=O) groups excluding carboxylic acids is 3. The first kappa shape index (κ1) is 38.0. The summed E-state index contributed by atoms with van der Waals surface area (Å²) in [5.41, 5.74) is -2.13. The van der Waals surface area contributed by atoms with E-state index >= 15 is 0 Å². The van der Waals surface area contributed by atoms with E-state index in [-0.39, 0.29) is 31.2 Å². The zero-order valence-corrected chi connectivity index (χ0v) is 29.3. The van der Waals surface area contributed by atoms with E-state index < -0.39 is 70.3 Å². The maximum absolute atomic E-state index is 14.6. The molecule has 0 radical (unpaired) electrons. The molecule has 4 rings (SSSR count). The maximum Gasteiger partial charge on any atom is 0.516 e. The topological polar surface area (TPSA) is 144 Å². The summed E-state index contributed by atoms with van der Waals surface area (Å²) in [4.78, 5) is 59.5. The van der Waals surface area contributed by atoms with Crippen LogP contribution in [-0.2, 0) is 19.1 Å². The molecule has 5 atom stereocenters. The second kappa shape index (κ2) is 13.8. The molecule has 0 spiro atoms. The molecule has 3 amide bonds. The number of likely N-dealkylation sites (tertiary alicyclic amines) is 1. The van der Waals surface area contributed by atoms with Crippen molar-refractivity contribution in [2.45, 2.75) is 83.8 Å². The van der Waals surface area contributed by atoms with Crippen molar-refractivity contribution in [1.29, 1.82) is 0 Å². The Morgan fingerprint density at radius 3 is 2.41 bits per heavy atom. The Labute approximate surface area is 287 Å². The van der Waals surface area contributed by atoms with Gasteiger partial charge in [0.15, 0.2) is 12.6 Å². The summed E-state index contributed by atoms with van der Waals surface area (Å²) in [7, 11) is 2.53. The lowest BCUT2D eigenvalue weighted by atomic mass is 9.83. The number of para-hydroxylation sites is 1. The molecule has 270 valence electrons. The van der Waals surface area contributed by atoms with Gasteiger partial charge in [0.1, 0.15) is 23.4 Å². The zero-order valence-electron chi connectivity index (χ0n) is 28.5. The average molecular weight is 716 g/mol. The molecule has 1 aliphatic carbocycles. The Bertz CT molecular complexity index is 1610. The third-order valence-corrected chi connectivity index (χ3v) is 9.32. The molecular weight excluding hydrogens is 673 g/mol. The van der Waals surface area contributed by atoms with Gasteiger partial charge in [0, 0.05) is 23.3 Å². The van der Waals surface area contributed by atoms with Gasteiger partial charge >= 0.3 is 18.2 Å². The number of likely N-dealkylation sites (N-methyl/N-ethyl adjacent to an activating group) is 1. The fraction of sp³-hybridized carbons (Fsp3) is 0.606. The third-order valence-electron chi connectivity index (χ3n) is 9.02. The molecule has 2 N–H and O–H groups in total. The van der Waals surface area contributed by atoms with Gasteiger partial charge in [-0.2, -0.15) is 18.0 Å². The second-order valence-electron chi connectivity index (χ2n) is 14.1. The number of carbonyl (C=O) groups is 4. The lowest BCUT2D eigenvalue weighted by Crippen LogP contribution is -2.66. The van der Waals surface area contributed by atoms with E-state index in [1.165, 1.54) is 19.0 Å². The van der Waals surface area contributed by atoms with E-state index in [2.05, 4.69) is 15.0 Å². The molecular formula is C33H43ClF3N4O8+. The highest BCUT2D eigenvalue weighted by Gasteiger charge is 2.62. The zero-order chi connectivity index (χ0) is 36.7. The minimum Gasteiger partial charge on any atom is -0.488 e. The van der Waals surface area contributed by atoms with Gasteiger partial charge in [0.25, 0.3) is 5.91 Å². The number of fused-ring (bicyclic) bond motifs is 1. The molecule has 2 heterocycles. The quantitative estimate of drug-likeness (QED) is 0.300. The van der Waals surface area contributed by atoms with Gasteiger partial charge < -0.3 is 29.5 Å². The first-order chi connectivity index (χ1) is 22.7. The SMILES string of the molecule is CCOc1cc(OC2CC(C(=O)NC3(C(=O)O)CC3CC)N(C(=O)C(C(C)(C)C)[N+](C)(C)C(=O)OCC(F)(F)F)C2)c2cccc(Cl)c2n1. The van der Waals surface area contributed by atoms with Crippen LogP contribution in [0.25, 0.3) is 10.9 Å². The highest BCUT2D eigenvalue weighted by Crippen LogP contribution is 2.46.